The second-order valence-electron chi connectivity index (χ2n) is 5.46. The molecule has 1 fully saturated rings. The van der Waals surface area contributed by atoms with Gasteiger partial charge in [-0.3, -0.25) is 0 Å². The number of nitrogens with one attached hydrogen (secondary N) is 1. The number of rotatable bonds is 8. The van der Waals surface area contributed by atoms with Gasteiger partial charge in [0.05, 0.1) is 6.10 Å². The lowest BCUT2D eigenvalue weighted by molar-refractivity contribution is -0.0499. The van der Waals surface area contributed by atoms with Gasteiger partial charge in [-0.2, -0.15) is 8.78 Å². The monoisotopic (exact) mass is 285 g/mol. The van der Waals surface area contributed by atoms with Crippen molar-refractivity contribution in [1.29, 1.82) is 0 Å². The van der Waals surface area contributed by atoms with Crippen LogP contribution in [0.4, 0.5) is 8.78 Å². The van der Waals surface area contributed by atoms with Crippen molar-refractivity contribution in [3.8, 4) is 5.75 Å². The molecule has 0 amide bonds. The summed E-state index contributed by atoms with van der Waals surface area (Å²) in [5.41, 5.74) is 0.578. The molecule has 1 saturated carbocycles. The molecule has 1 aliphatic rings. The first-order chi connectivity index (χ1) is 9.54. The van der Waals surface area contributed by atoms with E-state index in [1.165, 1.54) is 25.0 Å². The largest absolute Gasteiger partial charge is 0.435 e. The summed E-state index contributed by atoms with van der Waals surface area (Å²) in [6, 6.07) is 6.56. The third-order valence-corrected chi connectivity index (χ3v) is 3.51. The van der Waals surface area contributed by atoms with Gasteiger partial charge in [0.15, 0.2) is 0 Å². The molecule has 0 heterocycles. The van der Waals surface area contributed by atoms with Crippen LogP contribution in [0, 0.1) is 5.92 Å². The minimum absolute atomic E-state index is 0.0718. The molecule has 0 spiro atoms. The van der Waals surface area contributed by atoms with Gasteiger partial charge in [0.1, 0.15) is 5.75 Å². The summed E-state index contributed by atoms with van der Waals surface area (Å²) in [7, 11) is 0. The van der Waals surface area contributed by atoms with Crippen molar-refractivity contribution >= 4 is 0 Å². The molecule has 3 nitrogen and oxygen atoms in total. The topological polar surface area (TPSA) is 41.5 Å². The van der Waals surface area contributed by atoms with Crippen LogP contribution in [0.1, 0.15) is 37.9 Å². The van der Waals surface area contributed by atoms with Crippen LogP contribution in [-0.2, 0) is 0 Å². The zero-order valence-corrected chi connectivity index (χ0v) is 11.6. The van der Waals surface area contributed by atoms with Gasteiger partial charge in [0.2, 0.25) is 0 Å². The second kappa shape index (κ2) is 6.99. The lowest BCUT2D eigenvalue weighted by Gasteiger charge is -2.17. The molecule has 1 aliphatic carbocycles. The highest BCUT2D eigenvalue weighted by Crippen LogP contribution is 2.33. The molecule has 0 radical (unpaired) electrons. The van der Waals surface area contributed by atoms with Gasteiger partial charge in [-0.25, -0.2) is 0 Å². The molecule has 5 heteroatoms. The number of hydrogen-bond acceptors (Lipinski definition) is 3. The first kappa shape index (κ1) is 15.2. The molecule has 2 atom stereocenters. The van der Waals surface area contributed by atoms with E-state index in [0.29, 0.717) is 18.2 Å². The minimum atomic E-state index is -2.85. The highest BCUT2D eigenvalue weighted by Gasteiger charge is 2.23. The quantitative estimate of drug-likeness (QED) is 0.771. The molecule has 0 aliphatic heterocycles. The fourth-order valence-electron chi connectivity index (χ4n) is 2.27. The van der Waals surface area contributed by atoms with E-state index in [1.807, 2.05) is 0 Å². The highest BCUT2D eigenvalue weighted by atomic mass is 19.3. The van der Waals surface area contributed by atoms with Gasteiger partial charge in [-0.1, -0.05) is 25.0 Å². The van der Waals surface area contributed by atoms with Gasteiger partial charge in [-0.15, -0.1) is 0 Å². The maximum absolute atomic E-state index is 12.1. The Balaban J connectivity index is 1.82. The van der Waals surface area contributed by atoms with Crippen molar-refractivity contribution in [3.05, 3.63) is 29.8 Å². The smallest absolute Gasteiger partial charge is 0.387 e. The second-order valence-corrected chi connectivity index (χ2v) is 5.46. The van der Waals surface area contributed by atoms with Crippen LogP contribution in [0.15, 0.2) is 24.3 Å². The number of ether oxygens (including phenoxy) is 1. The summed E-state index contributed by atoms with van der Waals surface area (Å²) < 4.78 is 28.6. The summed E-state index contributed by atoms with van der Waals surface area (Å²) >= 11 is 0. The van der Waals surface area contributed by atoms with Crippen LogP contribution >= 0.6 is 0 Å². The zero-order chi connectivity index (χ0) is 14.5. The van der Waals surface area contributed by atoms with E-state index in [4.69, 9.17) is 0 Å². The number of aliphatic hydroxyl groups is 1. The van der Waals surface area contributed by atoms with Gasteiger partial charge in [0, 0.05) is 12.6 Å². The van der Waals surface area contributed by atoms with Crippen molar-refractivity contribution < 1.29 is 18.6 Å². The van der Waals surface area contributed by atoms with Gasteiger partial charge >= 0.3 is 6.61 Å². The predicted molar refractivity (Wildman–Crippen MR) is 72.8 cm³/mol. The van der Waals surface area contributed by atoms with Crippen molar-refractivity contribution in [2.45, 2.75) is 44.9 Å². The maximum Gasteiger partial charge on any atom is 0.387 e. The predicted octanol–water partition coefficient (Wildman–Crippen LogP) is 3.10. The van der Waals surface area contributed by atoms with Crippen LogP contribution in [0.25, 0.3) is 0 Å². The van der Waals surface area contributed by atoms with Crippen LogP contribution in [-0.4, -0.2) is 24.3 Å². The number of alkyl halides is 2. The van der Waals surface area contributed by atoms with Crippen molar-refractivity contribution in [3.63, 3.8) is 0 Å². The fraction of sp³-hybridized carbons (Fsp3) is 0.600. The zero-order valence-electron chi connectivity index (χ0n) is 11.6. The molecule has 20 heavy (non-hydrogen) atoms. The lowest BCUT2D eigenvalue weighted by Crippen LogP contribution is -2.30. The molecule has 0 saturated heterocycles. The minimum Gasteiger partial charge on any atom is -0.435 e. The van der Waals surface area contributed by atoms with Crippen molar-refractivity contribution in [2.75, 3.05) is 6.54 Å². The average Bonchev–Trinajstić information content (AvgIpc) is 3.19. The van der Waals surface area contributed by atoms with E-state index in [0.717, 1.165) is 12.3 Å². The van der Waals surface area contributed by atoms with E-state index in [9.17, 15) is 13.9 Å². The summed E-state index contributed by atoms with van der Waals surface area (Å²) in [6.45, 7) is -0.341. The Morgan fingerprint density at radius 3 is 2.80 bits per heavy atom. The molecule has 112 valence electrons. The third-order valence-electron chi connectivity index (χ3n) is 3.51. The Morgan fingerprint density at radius 1 is 1.40 bits per heavy atom. The summed E-state index contributed by atoms with van der Waals surface area (Å²) in [6.07, 6.45) is 3.02. The first-order valence-electron chi connectivity index (χ1n) is 7.01. The van der Waals surface area contributed by atoms with Crippen LogP contribution in [0.2, 0.25) is 0 Å². The third kappa shape index (κ3) is 5.06. The average molecular weight is 285 g/mol. The molecule has 0 aromatic heterocycles. The van der Waals surface area contributed by atoms with Crippen molar-refractivity contribution in [1.82, 2.24) is 5.32 Å². The van der Waals surface area contributed by atoms with Crippen LogP contribution < -0.4 is 10.1 Å². The molecular formula is C15H21F2NO2. The molecule has 2 rings (SSSR count). The number of benzene rings is 1. The van der Waals surface area contributed by atoms with Crippen LogP contribution in [0.5, 0.6) is 5.75 Å². The van der Waals surface area contributed by atoms with Gasteiger partial charge in [0.25, 0.3) is 0 Å². The Hall–Kier alpha value is -1.20. The van der Waals surface area contributed by atoms with E-state index in [-0.39, 0.29) is 5.75 Å². The van der Waals surface area contributed by atoms with Crippen LogP contribution in [0.3, 0.4) is 0 Å². The summed E-state index contributed by atoms with van der Waals surface area (Å²) in [4.78, 5) is 0. The van der Waals surface area contributed by atoms with Gasteiger partial charge in [-0.05, 0) is 37.0 Å². The summed E-state index contributed by atoms with van der Waals surface area (Å²) in [5, 5.41) is 13.3. The highest BCUT2D eigenvalue weighted by molar-refractivity contribution is 5.30. The fourth-order valence-corrected chi connectivity index (χ4v) is 2.27. The van der Waals surface area contributed by atoms with E-state index >= 15 is 0 Å². The number of halogens is 2. The molecule has 0 bridgehead atoms. The van der Waals surface area contributed by atoms with Crippen molar-refractivity contribution in [2.24, 2.45) is 5.92 Å². The molecular weight excluding hydrogens is 264 g/mol. The summed E-state index contributed by atoms with van der Waals surface area (Å²) in [5.74, 6) is 0.903. The first-order valence-corrected chi connectivity index (χ1v) is 7.01. The lowest BCUT2D eigenvalue weighted by atomic mass is 10.1. The molecule has 2 N–H and O–H groups in total. The van der Waals surface area contributed by atoms with E-state index in [2.05, 4.69) is 17.0 Å². The maximum atomic E-state index is 12.1. The molecule has 1 aromatic rings. The normalized spacial score (nSPS) is 18.1. The standard InChI is InChI=1S/C15H21F2NO2/c1-10(7-11-5-6-11)18-9-14(19)12-3-2-4-13(8-12)20-15(16)17/h2-4,8,10-11,14-15,18-19H,5-7,9H2,1H3. The molecule has 2 unspecified atom stereocenters. The van der Waals surface area contributed by atoms with Gasteiger partial charge < -0.3 is 15.2 Å². The Labute approximate surface area is 117 Å². The Morgan fingerprint density at radius 2 is 2.15 bits per heavy atom. The number of aliphatic hydroxyl groups excluding tert-OH is 1. The van der Waals surface area contributed by atoms with E-state index in [1.54, 1.807) is 12.1 Å². The Bertz CT molecular complexity index is 424. The SMILES string of the molecule is CC(CC1CC1)NCC(O)c1cccc(OC(F)F)c1. The Kier molecular flexibility index (Phi) is 5.31. The number of hydrogen-bond donors (Lipinski definition) is 2. The molecule has 1 aromatic carbocycles. The van der Waals surface area contributed by atoms with E-state index < -0.39 is 12.7 Å².